The van der Waals surface area contributed by atoms with E-state index in [0.717, 1.165) is 11.3 Å². The number of nitrogens with one attached hydrogen (secondary N) is 1. The van der Waals surface area contributed by atoms with Gasteiger partial charge in [0.1, 0.15) is 0 Å². The van der Waals surface area contributed by atoms with Gasteiger partial charge in [-0.05, 0) is 31.0 Å². The summed E-state index contributed by atoms with van der Waals surface area (Å²) in [7, 11) is 1.88. The van der Waals surface area contributed by atoms with Gasteiger partial charge in [-0.25, -0.2) is 0 Å². The lowest BCUT2D eigenvalue weighted by Gasteiger charge is -2.24. The highest BCUT2D eigenvalue weighted by molar-refractivity contribution is 5.45. The normalized spacial score (nSPS) is 14.9. The second-order valence-electron chi connectivity index (χ2n) is 3.72. The zero-order valence-corrected chi connectivity index (χ0v) is 8.75. The van der Waals surface area contributed by atoms with Crippen LogP contribution in [0.3, 0.4) is 0 Å². The summed E-state index contributed by atoms with van der Waals surface area (Å²) >= 11 is 0. The van der Waals surface area contributed by atoms with Gasteiger partial charge in [0.15, 0.2) is 0 Å². The predicted octanol–water partition coefficient (Wildman–Crippen LogP) is 1.28. The molecule has 0 amide bonds. The number of aliphatic hydroxyl groups excluding tert-OH is 1. The first-order valence-corrected chi connectivity index (χ1v) is 4.78. The van der Waals surface area contributed by atoms with Crippen LogP contribution in [0.15, 0.2) is 24.3 Å². The molecule has 0 radical (unpaired) electrons. The van der Waals surface area contributed by atoms with E-state index < -0.39 is 5.54 Å². The molecule has 0 fully saturated rings. The van der Waals surface area contributed by atoms with E-state index >= 15 is 0 Å². The molecule has 1 rings (SSSR count). The summed E-state index contributed by atoms with van der Waals surface area (Å²) in [5.41, 5.74) is 7.73. The van der Waals surface area contributed by atoms with Crippen molar-refractivity contribution < 1.29 is 5.11 Å². The third-order valence-electron chi connectivity index (χ3n) is 2.46. The van der Waals surface area contributed by atoms with Crippen molar-refractivity contribution in [3.63, 3.8) is 0 Å². The topological polar surface area (TPSA) is 58.3 Å². The standard InChI is InChI=1S/C11H18N2O/c1-11(12,7-8-14)9-3-5-10(13-2)6-4-9/h3-6,13-14H,7-8,12H2,1-2H3/t11-/m0/s1. The van der Waals surface area contributed by atoms with Crippen molar-refractivity contribution in [1.29, 1.82) is 0 Å². The lowest BCUT2D eigenvalue weighted by Crippen LogP contribution is -2.33. The van der Waals surface area contributed by atoms with Crippen LogP contribution in [0.1, 0.15) is 18.9 Å². The molecule has 0 unspecified atom stereocenters. The maximum atomic E-state index is 8.87. The Hall–Kier alpha value is -1.06. The molecule has 78 valence electrons. The molecule has 0 aliphatic heterocycles. The van der Waals surface area contributed by atoms with Gasteiger partial charge in [-0.1, -0.05) is 12.1 Å². The SMILES string of the molecule is CNc1ccc([C@@](C)(N)CCO)cc1. The lowest BCUT2D eigenvalue weighted by molar-refractivity contribution is 0.247. The first-order chi connectivity index (χ1) is 6.60. The number of aliphatic hydroxyl groups is 1. The highest BCUT2D eigenvalue weighted by Gasteiger charge is 2.19. The second-order valence-corrected chi connectivity index (χ2v) is 3.72. The Labute approximate surface area is 84.9 Å². The number of hydrogen-bond donors (Lipinski definition) is 3. The quantitative estimate of drug-likeness (QED) is 0.677. The molecular formula is C11H18N2O. The molecule has 0 bridgehead atoms. The van der Waals surface area contributed by atoms with Crippen molar-refractivity contribution in [3.8, 4) is 0 Å². The van der Waals surface area contributed by atoms with Crippen LogP contribution < -0.4 is 11.1 Å². The van der Waals surface area contributed by atoms with E-state index in [2.05, 4.69) is 5.32 Å². The average Bonchev–Trinajstić information content (AvgIpc) is 2.18. The molecule has 4 N–H and O–H groups in total. The fraction of sp³-hybridized carbons (Fsp3) is 0.455. The molecule has 0 heterocycles. The molecule has 0 saturated carbocycles. The summed E-state index contributed by atoms with van der Waals surface area (Å²) in [5, 5.41) is 11.9. The van der Waals surface area contributed by atoms with Crippen LogP contribution in [0.25, 0.3) is 0 Å². The van der Waals surface area contributed by atoms with Crippen LogP contribution in [0.4, 0.5) is 5.69 Å². The van der Waals surface area contributed by atoms with Gasteiger partial charge < -0.3 is 16.2 Å². The molecule has 3 nitrogen and oxygen atoms in total. The second kappa shape index (κ2) is 4.44. The smallest absolute Gasteiger partial charge is 0.0451 e. The van der Waals surface area contributed by atoms with Crippen molar-refractivity contribution >= 4 is 5.69 Å². The lowest BCUT2D eigenvalue weighted by atomic mass is 9.90. The van der Waals surface area contributed by atoms with Gasteiger partial charge in [-0.2, -0.15) is 0 Å². The number of benzene rings is 1. The van der Waals surface area contributed by atoms with Crippen molar-refractivity contribution in [3.05, 3.63) is 29.8 Å². The molecule has 0 aliphatic rings. The van der Waals surface area contributed by atoms with Crippen LogP contribution in [0.5, 0.6) is 0 Å². The van der Waals surface area contributed by atoms with E-state index in [1.807, 2.05) is 38.2 Å². The van der Waals surface area contributed by atoms with Crippen LogP contribution in [-0.2, 0) is 5.54 Å². The Morgan fingerprint density at radius 3 is 2.36 bits per heavy atom. The summed E-state index contributed by atoms with van der Waals surface area (Å²) in [4.78, 5) is 0. The Morgan fingerprint density at radius 1 is 1.36 bits per heavy atom. The van der Waals surface area contributed by atoms with Crippen LogP contribution in [0.2, 0.25) is 0 Å². The summed E-state index contributed by atoms with van der Waals surface area (Å²) in [5.74, 6) is 0. The highest BCUT2D eigenvalue weighted by Crippen LogP contribution is 2.22. The maximum Gasteiger partial charge on any atom is 0.0451 e. The van der Waals surface area contributed by atoms with Gasteiger partial charge in [-0.3, -0.25) is 0 Å². The molecule has 14 heavy (non-hydrogen) atoms. The predicted molar refractivity (Wildman–Crippen MR) is 59.2 cm³/mol. The number of anilines is 1. The van der Waals surface area contributed by atoms with Crippen LogP contribution in [-0.4, -0.2) is 18.8 Å². The van der Waals surface area contributed by atoms with Gasteiger partial charge in [0.25, 0.3) is 0 Å². The molecule has 1 aromatic carbocycles. The van der Waals surface area contributed by atoms with Crippen molar-refractivity contribution in [1.82, 2.24) is 0 Å². The highest BCUT2D eigenvalue weighted by atomic mass is 16.3. The van der Waals surface area contributed by atoms with E-state index in [4.69, 9.17) is 10.8 Å². The summed E-state index contributed by atoms with van der Waals surface area (Å²) in [6, 6.07) is 7.94. The molecule has 0 spiro atoms. The number of nitrogens with two attached hydrogens (primary N) is 1. The Balaban J connectivity index is 2.85. The first-order valence-electron chi connectivity index (χ1n) is 4.78. The minimum absolute atomic E-state index is 0.112. The molecule has 0 aliphatic carbocycles. The van der Waals surface area contributed by atoms with Crippen molar-refractivity contribution in [2.45, 2.75) is 18.9 Å². The van der Waals surface area contributed by atoms with E-state index in [-0.39, 0.29) is 6.61 Å². The summed E-state index contributed by atoms with van der Waals surface area (Å²) in [6.07, 6.45) is 0.575. The van der Waals surface area contributed by atoms with Crippen LogP contribution in [0, 0.1) is 0 Å². The molecule has 0 saturated heterocycles. The van der Waals surface area contributed by atoms with Crippen molar-refractivity contribution in [2.24, 2.45) is 5.73 Å². The fourth-order valence-corrected chi connectivity index (χ4v) is 1.39. The Morgan fingerprint density at radius 2 is 1.93 bits per heavy atom. The van der Waals surface area contributed by atoms with Gasteiger partial charge in [0.05, 0.1) is 0 Å². The Kier molecular flexibility index (Phi) is 3.49. The number of hydrogen-bond acceptors (Lipinski definition) is 3. The van der Waals surface area contributed by atoms with Crippen molar-refractivity contribution in [2.75, 3.05) is 19.0 Å². The van der Waals surface area contributed by atoms with Gasteiger partial charge in [0.2, 0.25) is 0 Å². The van der Waals surface area contributed by atoms with Gasteiger partial charge >= 0.3 is 0 Å². The third kappa shape index (κ3) is 2.47. The molecule has 3 heteroatoms. The largest absolute Gasteiger partial charge is 0.396 e. The molecule has 1 atom stereocenters. The van der Waals surface area contributed by atoms with E-state index in [1.165, 1.54) is 0 Å². The summed E-state index contributed by atoms with van der Waals surface area (Å²) in [6.45, 7) is 2.04. The van der Waals surface area contributed by atoms with Crippen LogP contribution >= 0.6 is 0 Å². The van der Waals surface area contributed by atoms with Gasteiger partial charge in [-0.15, -0.1) is 0 Å². The first kappa shape index (κ1) is 11.0. The number of rotatable bonds is 4. The van der Waals surface area contributed by atoms with E-state index in [9.17, 15) is 0 Å². The molecule has 0 aromatic heterocycles. The van der Waals surface area contributed by atoms with Gasteiger partial charge in [0, 0.05) is 24.9 Å². The minimum Gasteiger partial charge on any atom is -0.396 e. The fourth-order valence-electron chi connectivity index (χ4n) is 1.39. The maximum absolute atomic E-state index is 8.87. The average molecular weight is 194 g/mol. The van der Waals surface area contributed by atoms with E-state index in [0.29, 0.717) is 6.42 Å². The molecule has 1 aromatic rings. The molecular weight excluding hydrogens is 176 g/mol. The minimum atomic E-state index is -0.443. The van der Waals surface area contributed by atoms with E-state index in [1.54, 1.807) is 0 Å². The summed E-state index contributed by atoms with van der Waals surface area (Å²) < 4.78 is 0. The Bertz CT molecular complexity index is 280. The zero-order chi connectivity index (χ0) is 10.6. The third-order valence-corrected chi connectivity index (χ3v) is 2.46. The monoisotopic (exact) mass is 194 g/mol. The zero-order valence-electron chi connectivity index (χ0n) is 8.75.